The largest absolute Gasteiger partial charge is 0.340 e. The van der Waals surface area contributed by atoms with E-state index in [0.717, 1.165) is 45.7 Å². The number of carbonyl (C=O) groups excluding carboxylic acids is 1. The maximum atomic E-state index is 12.0. The van der Waals surface area contributed by atoms with Crippen LogP contribution in [-0.4, -0.2) is 62.0 Å². The molecule has 0 radical (unpaired) electrons. The summed E-state index contributed by atoms with van der Waals surface area (Å²) < 4.78 is 0. The van der Waals surface area contributed by atoms with Crippen molar-refractivity contribution in [2.75, 3.05) is 46.3 Å². The summed E-state index contributed by atoms with van der Waals surface area (Å²) in [6, 6.07) is 4.26. The normalized spacial score (nSPS) is 15.2. The molecule has 6 heteroatoms. The Kier molecular flexibility index (Phi) is 8.14. The number of amides is 1. The monoisotopic (exact) mass is 317 g/mol. The smallest absolute Gasteiger partial charge is 0.223 e. The molecule has 20 heavy (non-hydrogen) atoms. The highest BCUT2D eigenvalue weighted by molar-refractivity contribution is 7.09. The van der Waals surface area contributed by atoms with E-state index in [4.69, 9.17) is 0 Å². The summed E-state index contributed by atoms with van der Waals surface area (Å²) in [5.74, 6) is 0.296. The van der Waals surface area contributed by atoms with Crippen LogP contribution in [0.15, 0.2) is 17.5 Å². The Balaban J connectivity index is 0.00000200. The van der Waals surface area contributed by atoms with Gasteiger partial charge in [0.05, 0.1) is 0 Å². The van der Waals surface area contributed by atoms with Crippen LogP contribution in [0.5, 0.6) is 0 Å². The molecule has 1 fully saturated rings. The average molecular weight is 318 g/mol. The molecule has 2 rings (SSSR count). The van der Waals surface area contributed by atoms with Crippen molar-refractivity contribution in [1.29, 1.82) is 0 Å². The molecule has 0 aliphatic carbocycles. The van der Waals surface area contributed by atoms with Gasteiger partial charge in [0, 0.05) is 50.6 Å². The lowest BCUT2D eigenvalue weighted by molar-refractivity contribution is -0.132. The van der Waals surface area contributed by atoms with Gasteiger partial charge < -0.3 is 15.1 Å². The fraction of sp³-hybridized carbons (Fsp3) is 0.643. The number of likely N-dealkylation sites (N-methyl/N-ethyl adjacent to an activating group) is 1. The standard InChI is InChI=1S/C14H23N3OS.ClH/c1-16(8-4-13-3-2-12-19-13)9-5-14(18)17-10-6-15-7-11-17;/h2-3,12,15H,4-11H2,1H3;1H. The molecule has 1 amide bonds. The minimum Gasteiger partial charge on any atom is -0.340 e. The van der Waals surface area contributed by atoms with Gasteiger partial charge in [-0.1, -0.05) is 6.07 Å². The molecular formula is C14H24ClN3OS. The van der Waals surface area contributed by atoms with Crippen molar-refractivity contribution in [3.05, 3.63) is 22.4 Å². The van der Waals surface area contributed by atoms with Gasteiger partial charge in [0.2, 0.25) is 5.91 Å². The number of halogens is 1. The molecular weight excluding hydrogens is 294 g/mol. The predicted octanol–water partition coefficient (Wildman–Crippen LogP) is 1.47. The van der Waals surface area contributed by atoms with Crippen LogP contribution >= 0.6 is 23.7 Å². The number of hydrogen-bond acceptors (Lipinski definition) is 4. The Bertz CT molecular complexity index is 380. The Labute approximate surface area is 131 Å². The number of rotatable bonds is 6. The molecule has 0 aromatic carbocycles. The van der Waals surface area contributed by atoms with Gasteiger partial charge in [-0.15, -0.1) is 23.7 Å². The third-order valence-corrected chi connectivity index (χ3v) is 4.43. The Hall–Kier alpha value is -0.620. The van der Waals surface area contributed by atoms with Crippen LogP contribution in [0.25, 0.3) is 0 Å². The maximum absolute atomic E-state index is 12.0. The minimum atomic E-state index is 0. The van der Waals surface area contributed by atoms with E-state index in [9.17, 15) is 4.79 Å². The summed E-state index contributed by atoms with van der Waals surface area (Å²) in [5.41, 5.74) is 0. The summed E-state index contributed by atoms with van der Waals surface area (Å²) >= 11 is 1.80. The molecule has 2 heterocycles. The summed E-state index contributed by atoms with van der Waals surface area (Å²) in [7, 11) is 2.10. The predicted molar refractivity (Wildman–Crippen MR) is 86.8 cm³/mol. The molecule has 0 atom stereocenters. The highest BCUT2D eigenvalue weighted by Gasteiger charge is 2.16. The van der Waals surface area contributed by atoms with Crippen LogP contribution < -0.4 is 5.32 Å². The van der Waals surface area contributed by atoms with Gasteiger partial charge in [0.25, 0.3) is 0 Å². The first-order valence-corrected chi connectivity index (χ1v) is 7.83. The number of nitrogens with zero attached hydrogens (tertiary/aromatic N) is 2. The summed E-state index contributed by atoms with van der Waals surface area (Å²) in [6.45, 7) is 5.46. The van der Waals surface area contributed by atoms with Crippen LogP contribution in [0.3, 0.4) is 0 Å². The summed E-state index contributed by atoms with van der Waals surface area (Å²) in [6.07, 6.45) is 1.72. The lowest BCUT2D eigenvalue weighted by atomic mass is 10.2. The number of piperazine rings is 1. The van der Waals surface area contributed by atoms with Gasteiger partial charge in [-0.25, -0.2) is 0 Å². The molecule has 0 spiro atoms. The minimum absolute atomic E-state index is 0. The fourth-order valence-electron chi connectivity index (χ4n) is 2.23. The van der Waals surface area contributed by atoms with E-state index in [2.05, 4.69) is 34.8 Å². The first-order chi connectivity index (χ1) is 9.25. The third kappa shape index (κ3) is 5.79. The third-order valence-electron chi connectivity index (χ3n) is 3.50. The zero-order valence-corrected chi connectivity index (χ0v) is 13.6. The number of hydrogen-bond donors (Lipinski definition) is 1. The highest BCUT2D eigenvalue weighted by Crippen LogP contribution is 2.09. The second kappa shape index (κ2) is 9.34. The number of nitrogens with one attached hydrogen (secondary N) is 1. The summed E-state index contributed by atoms with van der Waals surface area (Å²) in [5, 5.41) is 5.38. The molecule has 1 saturated heterocycles. The van der Waals surface area contributed by atoms with Crippen LogP contribution in [0.1, 0.15) is 11.3 Å². The van der Waals surface area contributed by atoms with E-state index in [-0.39, 0.29) is 12.4 Å². The molecule has 0 saturated carbocycles. The SMILES string of the molecule is CN(CCC(=O)N1CCNCC1)CCc1cccs1.Cl. The highest BCUT2D eigenvalue weighted by atomic mass is 35.5. The fourth-order valence-corrected chi connectivity index (χ4v) is 2.92. The van der Waals surface area contributed by atoms with E-state index in [1.54, 1.807) is 11.3 Å². The Morgan fingerprint density at radius 3 is 2.80 bits per heavy atom. The second-order valence-corrected chi connectivity index (χ2v) is 6.05. The van der Waals surface area contributed by atoms with Gasteiger partial charge in [-0.3, -0.25) is 4.79 Å². The molecule has 1 aromatic heterocycles. The van der Waals surface area contributed by atoms with Gasteiger partial charge in [0.15, 0.2) is 0 Å². The van der Waals surface area contributed by atoms with Crippen LogP contribution in [0.4, 0.5) is 0 Å². The first kappa shape index (κ1) is 17.4. The van der Waals surface area contributed by atoms with Crippen molar-refractivity contribution in [2.24, 2.45) is 0 Å². The Morgan fingerprint density at radius 1 is 1.40 bits per heavy atom. The van der Waals surface area contributed by atoms with Crippen LogP contribution in [-0.2, 0) is 11.2 Å². The molecule has 1 aromatic rings. The van der Waals surface area contributed by atoms with Crippen LogP contribution in [0.2, 0.25) is 0 Å². The molecule has 1 aliphatic heterocycles. The van der Waals surface area contributed by atoms with E-state index in [1.807, 2.05) is 4.90 Å². The topological polar surface area (TPSA) is 35.6 Å². The summed E-state index contributed by atoms with van der Waals surface area (Å²) in [4.78, 5) is 17.7. The molecule has 1 N–H and O–H groups in total. The van der Waals surface area contributed by atoms with Crippen molar-refractivity contribution in [1.82, 2.24) is 15.1 Å². The van der Waals surface area contributed by atoms with Crippen molar-refractivity contribution in [2.45, 2.75) is 12.8 Å². The first-order valence-electron chi connectivity index (χ1n) is 6.95. The van der Waals surface area contributed by atoms with E-state index >= 15 is 0 Å². The quantitative estimate of drug-likeness (QED) is 0.863. The van der Waals surface area contributed by atoms with Gasteiger partial charge >= 0.3 is 0 Å². The zero-order valence-electron chi connectivity index (χ0n) is 12.0. The zero-order chi connectivity index (χ0) is 13.5. The van der Waals surface area contributed by atoms with E-state index in [0.29, 0.717) is 12.3 Å². The molecule has 114 valence electrons. The average Bonchev–Trinajstić information content (AvgIpc) is 2.96. The van der Waals surface area contributed by atoms with Crippen molar-refractivity contribution in [3.8, 4) is 0 Å². The van der Waals surface area contributed by atoms with Gasteiger partial charge in [-0.05, 0) is 24.9 Å². The molecule has 1 aliphatic rings. The second-order valence-electron chi connectivity index (χ2n) is 5.01. The molecule has 4 nitrogen and oxygen atoms in total. The lowest BCUT2D eigenvalue weighted by Crippen LogP contribution is -2.47. The van der Waals surface area contributed by atoms with Crippen LogP contribution in [0, 0.1) is 0 Å². The lowest BCUT2D eigenvalue weighted by Gasteiger charge is -2.28. The number of thiophene rings is 1. The molecule has 0 unspecified atom stereocenters. The van der Waals surface area contributed by atoms with Crippen molar-refractivity contribution < 1.29 is 4.79 Å². The van der Waals surface area contributed by atoms with Crippen molar-refractivity contribution >= 4 is 29.7 Å². The maximum Gasteiger partial charge on any atom is 0.223 e. The molecule has 0 bridgehead atoms. The van der Waals surface area contributed by atoms with Crippen molar-refractivity contribution in [3.63, 3.8) is 0 Å². The van der Waals surface area contributed by atoms with Gasteiger partial charge in [-0.2, -0.15) is 0 Å². The van der Waals surface area contributed by atoms with E-state index < -0.39 is 0 Å². The van der Waals surface area contributed by atoms with Gasteiger partial charge in [0.1, 0.15) is 0 Å². The van der Waals surface area contributed by atoms with E-state index in [1.165, 1.54) is 4.88 Å². The number of carbonyl (C=O) groups is 1. The Morgan fingerprint density at radius 2 is 2.15 bits per heavy atom.